The fourth-order valence-electron chi connectivity index (χ4n) is 2.79. The van der Waals surface area contributed by atoms with Crippen LogP contribution in [0.2, 0.25) is 0 Å². The van der Waals surface area contributed by atoms with E-state index in [-0.39, 0.29) is 0 Å². The minimum absolute atomic E-state index is 0.376. The van der Waals surface area contributed by atoms with Gasteiger partial charge in [-0.1, -0.05) is 110 Å². The Morgan fingerprint density at radius 3 is 1.21 bits per heavy atom. The average Bonchev–Trinajstić information content (AvgIpc) is 2.57. The SMILES string of the molecule is CCCCCCCCCC(C)Cl.CCCCCCCCCCCCl. The van der Waals surface area contributed by atoms with Gasteiger partial charge in [0.25, 0.3) is 0 Å². The molecule has 0 aromatic carbocycles. The Bertz CT molecular complexity index is 182. The van der Waals surface area contributed by atoms with Crippen LogP contribution in [0.5, 0.6) is 0 Å². The van der Waals surface area contributed by atoms with E-state index < -0.39 is 0 Å². The fourth-order valence-corrected chi connectivity index (χ4v) is 3.13. The van der Waals surface area contributed by atoms with E-state index >= 15 is 0 Å². The molecular weight excluding hydrogens is 335 g/mol. The number of hydrogen-bond donors (Lipinski definition) is 0. The van der Waals surface area contributed by atoms with Gasteiger partial charge in [-0.2, -0.15) is 0 Å². The average molecular weight is 382 g/mol. The zero-order valence-electron chi connectivity index (χ0n) is 17.1. The third-order valence-electron chi connectivity index (χ3n) is 4.44. The topological polar surface area (TPSA) is 0 Å². The fraction of sp³-hybridized carbons (Fsp3) is 1.00. The summed E-state index contributed by atoms with van der Waals surface area (Å²) < 4.78 is 0. The molecule has 0 saturated carbocycles. The molecule has 0 fully saturated rings. The first-order valence-corrected chi connectivity index (χ1v) is 11.9. The van der Waals surface area contributed by atoms with E-state index in [4.69, 9.17) is 23.2 Å². The molecule has 0 aliphatic carbocycles. The molecule has 1 unspecified atom stereocenters. The van der Waals surface area contributed by atoms with E-state index in [0.717, 1.165) is 5.88 Å². The zero-order chi connectivity index (χ0) is 18.3. The predicted molar refractivity (Wildman–Crippen MR) is 116 cm³/mol. The van der Waals surface area contributed by atoms with Gasteiger partial charge < -0.3 is 0 Å². The van der Waals surface area contributed by atoms with E-state index in [0.29, 0.717) is 5.38 Å². The second-order valence-electron chi connectivity index (χ2n) is 7.21. The lowest BCUT2D eigenvalue weighted by molar-refractivity contribution is 0.573. The normalized spacial score (nSPS) is 11.9. The van der Waals surface area contributed by atoms with Crippen molar-refractivity contribution in [1.29, 1.82) is 0 Å². The lowest BCUT2D eigenvalue weighted by atomic mass is 10.1. The number of rotatable bonds is 17. The van der Waals surface area contributed by atoms with Crippen LogP contribution in [-0.2, 0) is 0 Å². The van der Waals surface area contributed by atoms with Gasteiger partial charge in [-0.3, -0.25) is 0 Å². The van der Waals surface area contributed by atoms with Crippen LogP contribution in [0.15, 0.2) is 0 Å². The molecule has 0 aliphatic rings. The Morgan fingerprint density at radius 1 is 0.542 bits per heavy atom. The van der Waals surface area contributed by atoms with Gasteiger partial charge in [0.05, 0.1) is 0 Å². The third-order valence-corrected chi connectivity index (χ3v) is 4.93. The highest BCUT2D eigenvalue weighted by Crippen LogP contribution is 2.11. The van der Waals surface area contributed by atoms with Crippen LogP contribution in [0.25, 0.3) is 0 Å². The molecule has 1 atom stereocenters. The highest BCUT2D eigenvalue weighted by Gasteiger charge is 1.95. The molecule has 0 aromatic heterocycles. The summed E-state index contributed by atoms with van der Waals surface area (Å²) in [6.45, 7) is 6.61. The number of hydrogen-bond acceptors (Lipinski definition) is 0. The van der Waals surface area contributed by atoms with Crippen molar-refractivity contribution in [3.63, 3.8) is 0 Å². The second kappa shape index (κ2) is 25.8. The summed E-state index contributed by atoms with van der Waals surface area (Å²) in [7, 11) is 0. The summed E-state index contributed by atoms with van der Waals surface area (Å²) in [6, 6.07) is 0. The lowest BCUT2D eigenvalue weighted by Crippen LogP contribution is -1.89. The Labute approximate surface area is 164 Å². The van der Waals surface area contributed by atoms with Crippen molar-refractivity contribution in [2.45, 2.75) is 135 Å². The quantitative estimate of drug-likeness (QED) is 0.174. The van der Waals surface area contributed by atoms with Gasteiger partial charge in [0.1, 0.15) is 0 Å². The highest BCUT2D eigenvalue weighted by molar-refractivity contribution is 6.20. The van der Waals surface area contributed by atoms with Gasteiger partial charge in [0, 0.05) is 11.3 Å². The number of alkyl halides is 2. The molecule has 0 saturated heterocycles. The highest BCUT2D eigenvalue weighted by atomic mass is 35.5. The summed E-state index contributed by atoms with van der Waals surface area (Å²) in [6.07, 6.45) is 23.3. The Balaban J connectivity index is 0. The van der Waals surface area contributed by atoms with Crippen molar-refractivity contribution >= 4 is 23.2 Å². The zero-order valence-corrected chi connectivity index (χ0v) is 18.6. The van der Waals surface area contributed by atoms with Crippen molar-refractivity contribution in [1.82, 2.24) is 0 Å². The Hall–Kier alpha value is 0.580. The molecule has 0 bridgehead atoms. The van der Waals surface area contributed by atoms with Crippen molar-refractivity contribution in [2.75, 3.05) is 5.88 Å². The van der Waals surface area contributed by atoms with Crippen LogP contribution < -0.4 is 0 Å². The summed E-state index contributed by atoms with van der Waals surface area (Å²) >= 11 is 11.4. The van der Waals surface area contributed by atoms with Crippen LogP contribution in [0.3, 0.4) is 0 Å². The second-order valence-corrected chi connectivity index (χ2v) is 8.33. The molecule has 0 nitrogen and oxygen atoms in total. The standard InChI is InChI=1S/2C11H23Cl/c1-3-4-5-6-7-8-9-10-11(2)12;1-2-3-4-5-6-7-8-9-10-11-12/h11H,3-10H2,1-2H3;2-11H2,1H3. The summed E-state index contributed by atoms with van der Waals surface area (Å²) in [4.78, 5) is 0. The maximum atomic E-state index is 5.84. The summed E-state index contributed by atoms with van der Waals surface area (Å²) in [5.41, 5.74) is 0. The molecule has 0 heterocycles. The van der Waals surface area contributed by atoms with E-state index in [1.165, 1.54) is 109 Å². The Kier molecular flexibility index (Phi) is 28.8. The van der Waals surface area contributed by atoms with Crippen LogP contribution in [0.1, 0.15) is 130 Å². The largest absolute Gasteiger partial charge is 0.127 e. The molecule has 0 radical (unpaired) electrons. The van der Waals surface area contributed by atoms with E-state index in [1.807, 2.05) is 0 Å². The van der Waals surface area contributed by atoms with Crippen LogP contribution in [0.4, 0.5) is 0 Å². The number of halogens is 2. The van der Waals surface area contributed by atoms with Gasteiger partial charge in [-0.25, -0.2) is 0 Å². The van der Waals surface area contributed by atoms with Crippen LogP contribution >= 0.6 is 23.2 Å². The first kappa shape index (κ1) is 26.8. The van der Waals surface area contributed by atoms with Gasteiger partial charge in [-0.05, 0) is 19.8 Å². The van der Waals surface area contributed by atoms with Gasteiger partial charge in [0.15, 0.2) is 0 Å². The van der Waals surface area contributed by atoms with Crippen molar-refractivity contribution < 1.29 is 0 Å². The van der Waals surface area contributed by atoms with E-state index in [9.17, 15) is 0 Å². The lowest BCUT2D eigenvalue weighted by Gasteiger charge is -2.02. The smallest absolute Gasteiger partial charge is 0.0307 e. The van der Waals surface area contributed by atoms with Gasteiger partial charge >= 0.3 is 0 Å². The monoisotopic (exact) mass is 380 g/mol. The van der Waals surface area contributed by atoms with Crippen LogP contribution in [0, 0.1) is 0 Å². The van der Waals surface area contributed by atoms with Crippen LogP contribution in [-0.4, -0.2) is 11.3 Å². The summed E-state index contributed by atoms with van der Waals surface area (Å²) in [5, 5.41) is 0.376. The third kappa shape index (κ3) is 30.5. The first-order chi connectivity index (χ1) is 11.7. The molecule has 148 valence electrons. The molecule has 24 heavy (non-hydrogen) atoms. The maximum absolute atomic E-state index is 5.84. The molecule has 0 spiro atoms. The predicted octanol–water partition coefficient (Wildman–Crippen LogP) is 9.51. The van der Waals surface area contributed by atoms with E-state index in [1.54, 1.807) is 0 Å². The van der Waals surface area contributed by atoms with Crippen molar-refractivity contribution in [3.8, 4) is 0 Å². The van der Waals surface area contributed by atoms with Crippen molar-refractivity contribution in [2.24, 2.45) is 0 Å². The van der Waals surface area contributed by atoms with E-state index in [2.05, 4.69) is 20.8 Å². The minimum Gasteiger partial charge on any atom is -0.127 e. The molecule has 0 N–H and O–H groups in total. The maximum Gasteiger partial charge on any atom is 0.0307 e. The molecule has 0 rings (SSSR count). The number of unbranched alkanes of at least 4 members (excludes halogenated alkanes) is 14. The first-order valence-electron chi connectivity index (χ1n) is 10.9. The van der Waals surface area contributed by atoms with Gasteiger partial charge in [0.2, 0.25) is 0 Å². The molecule has 2 heteroatoms. The van der Waals surface area contributed by atoms with Gasteiger partial charge in [-0.15, -0.1) is 23.2 Å². The molecule has 0 aromatic rings. The minimum atomic E-state index is 0.376. The molecule has 0 amide bonds. The molecular formula is C22H46Cl2. The van der Waals surface area contributed by atoms with Crippen molar-refractivity contribution in [3.05, 3.63) is 0 Å². The summed E-state index contributed by atoms with van der Waals surface area (Å²) in [5.74, 6) is 0.843. The molecule has 0 aliphatic heterocycles. The Morgan fingerprint density at radius 2 is 0.875 bits per heavy atom.